The molecule has 0 aromatic heterocycles. The van der Waals surface area contributed by atoms with E-state index in [-0.39, 0.29) is 47.5 Å². The van der Waals surface area contributed by atoms with Crippen molar-refractivity contribution >= 4 is 17.5 Å². The smallest absolute Gasteiger partial charge is 0.233 e. The van der Waals surface area contributed by atoms with Gasteiger partial charge in [0.2, 0.25) is 11.8 Å². The lowest BCUT2D eigenvalue weighted by Crippen LogP contribution is -2.41. The summed E-state index contributed by atoms with van der Waals surface area (Å²) in [5, 5.41) is 4.41. The predicted molar refractivity (Wildman–Crippen MR) is 108 cm³/mol. The number of nitrogens with zero attached hydrogens (tertiary/aromatic N) is 3. The molecule has 8 heteroatoms. The standard InChI is InChI=1S/C22H27N3O5/c1-24(2)7-8-25-21(26)16-13-10-14(17(16)22(25)27)20-18(13)19(23-30-20)12-9-11(28-3)5-6-15(12)29-4/h5-6,9,13-14,16-18,20H,7-8,10H2,1-4H3/t13-,14+,16+,17-,18+,20+/m0/s1. The van der Waals surface area contributed by atoms with Crippen LogP contribution in [0.3, 0.4) is 0 Å². The number of oxime groups is 1. The minimum atomic E-state index is -0.271. The monoisotopic (exact) mass is 413 g/mol. The summed E-state index contributed by atoms with van der Waals surface area (Å²) in [7, 11) is 7.13. The number of likely N-dealkylation sites (N-methyl/N-ethyl adjacent to an activating group) is 1. The molecule has 0 spiro atoms. The van der Waals surface area contributed by atoms with Crippen LogP contribution < -0.4 is 9.47 Å². The Morgan fingerprint density at radius 1 is 1.10 bits per heavy atom. The average molecular weight is 413 g/mol. The van der Waals surface area contributed by atoms with E-state index in [9.17, 15) is 9.59 Å². The summed E-state index contributed by atoms with van der Waals surface area (Å²) in [5.74, 6) is 0.881. The van der Waals surface area contributed by atoms with E-state index in [1.54, 1.807) is 14.2 Å². The number of rotatable bonds is 6. The summed E-state index contributed by atoms with van der Waals surface area (Å²) in [5.41, 5.74) is 1.63. The number of amides is 2. The zero-order chi connectivity index (χ0) is 21.2. The Hall–Kier alpha value is -2.61. The zero-order valence-electron chi connectivity index (χ0n) is 17.7. The summed E-state index contributed by atoms with van der Waals surface area (Å²) in [6.07, 6.45) is 0.669. The highest BCUT2D eigenvalue weighted by atomic mass is 16.6. The minimum Gasteiger partial charge on any atom is -0.497 e. The highest BCUT2D eigenvalue weighted by Gasteiger charge is 2.70. The molecule has 0 unspecified atom stereocenters. The van der Waals surface area contributed by atoms with Gasteiger partial charge in [0, 0.05) is 30.5 Å². The first-order chi connectivity index (χ1) is 14.5. The molecule has 2 bridgehead atoms. The third kappa shape index (κ3) is 2.59. The van der Waals surface area contributed by atoms with Crippen LogP contribution in [0.2, 0.25) is 0 Å². The van der Waals surface area contributed by atoms with Crippen LogP contribution in [0, 0.1) is 29.6 Å². The van der Waals surface area contributed by atoms with Gasteiger partial charge in [-0.3, -0.25) is 14.5 Å². The van der Waals surface area contributed by atoms with Crippen molar-refractivity contribution in [3.05, 3.63) is 23.8 Å². The number of fused-ring (bicyclic) bond motifs is 8. The van der Waals surface area contributed by atoms with Crippen molar-refractivity contribution in [3.63, 3.8) is 0 Å². The molecule has 1 aromatic rings. The predicted octanol–water partition coefficient (Wildman–Crippen LogP) is 1.24. The number of carbonyl (C=O) groups excluding carboxylic acids is 2. The molecule has 1 aromatic carbocycles. The molecule has 2 saturated carbocycles. The summed E-state index contributed by atoms with van der Waals surface area (Å²) in [6, 6.07) is 5.60. The molecule has 6 atom stereocenters. The van der Waals surface area contributed by atoms with Crippen LogP contribution in [0.4, 0.5) is 0 Å². The van der Waals surface area contributed by atoms with Gasteiger partial charge in [-0.1, -0.05) is 5.16 Å². The van der Waals surface area contributed by atoms with Crippen molar-refractivity contribution in [2.75, 3.05) is 41.4 Å². The molecular weight excluding hydrogens is 386 g/mol. The van der Waals surface area contributed by atoms with E-state index in [1.165, 1.54) is 4.90 Å². The summed E-state index contributed by atoms with van der Waals surface area (Å²) in [4.78, 5) is 35.6. The van der Waals surface area contributed by atoms with E-state index in [4.69, 9.17) is 14.3 Å². The van der Waals surface area contributed by atoms with E-state index in [1.807, 2.05) is 37.2 Å². The van der Waals surface area contributed by atoms with Crippen molar-refractivity contribution in [3.8, 4) is 11.5 Å². The molecule has 2 heterocycles. The number of benzene rings is 1. The maximum Gasteiger partial charge on any atom is 0.233 e. The fraction of sp³-hybridized carbons (Fsp3) is 0.591. The molecule has 5 rings (SSSR count). The van der Waals surface area contributed by atoms with E-state index in [0.29, 0.717) is 24.6 Å². The van der Waals surface area contributed by atoms with Crippen LogP contribution >= 0.6 is 0 Å². The second-order valence-electron chi connectivity index (χ2n) is 8.88. The molecular formula is C22H27N3O5. The number of ether oxygens (including phenoxy) is 2. The van der Waals surface area contributed by atoms with Crippen molar-refractivity contribution < 1.29 is 23.9 Å². The number of methoxy groups -OCH3 is 2. The maximum absolute atomic E-state index is 13.2. The maximum atomic E-state index is 13.2. The van der Waals surface area contributed by atoms with Crippen LogP contribution in [0.15, 0.2) is 23.4 Å². The Bertz CT molecular complexity index is 929. The molecule has 2 aliphatic heterocycles. The van der Waals surface area contributed by atoms with E-state index >= 15 is 0 Å². The van der Waals surface area contributed by atoms with Gasteiger partial charge < -0.3 is 19.2 Å². The van der Waals surface area contributed by atoms with Gasteiger partial charge in [0.15, 0.2) is 0 Å². The van der Waals surface area contributed by atoms with Crippen LogP contribution in [-0.4, -0.2) is 74.8 Å². The molecule has 4 aliphatic rings. The lowest BCUT2D eigenvalue weighted by Gasteiger charge is -2.30. The molecule has 8 nitrogen and oxygen atoms in total. The molecule has 3 fully saturated rings. The molecule has 0 N–H and O–H groups in total. The Kier molecular flexibility index (Phi) is 4.50. The SMILES string of the molecule is COc1ccc(OC)c(C2=NO[C@@H]3[C@@H]4C[C@@H]([C@H]5C(=O)N(CCN(C)C)C(=O)[C@@H]45)[C@H]23)c1. The van der Waals surface area contributed by atoms with Crippen molar-refractivity contribution in [2.45, 2.75) is 12.5 Å². The highest BCUT2D eigenvalue weighted by Crippen LogP contribution is 2.61. The minimum absolute atomic E-state index is 0.0113. The Balaban J connectivity index is 1.45. The number of hydrogen-bond acceptors (Lipinski definition) is 7. The fourth-order valence-corrected chi connectivity index (χ4v) is 5.94. The van der Waals surface area contributed by atoms with Gasteiger partial charge >= 0.3 is 0 Å². The molecule has 2 amide bonds. The molecule has 160 valence electrons. The van der Waals surface area contributed by atoms with Crippen LogP contribution in [0.25, 0.3) is 0 Å². The van der Waals surface area contributed by atoms with E-state index < -0.39 is 0 Å². The Morgan fingerprint density at radius 3 is 2.50 bits per heavy atom. The first-order valence-corrected chi connectivity index (χ1v) is 10.4. The molecule has 0 radical (unpaired) electrons. The number of carbonyl (C=O) groups is 2. The Labute approximate surface area is 175 Å². The molecule has 2 aliphatic carbocycles. The second kappa shape index (κ2) is 6.97. The van der Waals surface area contributed by atoms with Crippen LogP contribution in [0.5, 0.6) is 11.5 Å². The zero-order valence-corrected chi connectivity index (χ0v) is 17.7. The van der Waals surface area contributed by atoms with E-state index in [0.717, 1.165) is 17.7 Å². The average Bonchev–Trinajstić information content (AvgIpc) is 3.47. The van der Waals surface area contributed by atoms with Crippen molar-refractivity contribution in [1.82, 2.24) is 9.80 Å². The third-order valence-electron chi connectivity index (χ3n) is 7.24. The second-order valence-corrected chi connectivity index (χ2v) is 8.88. The van der Waals surface area contributed by atoms with E-state index in [2.05, 4.69) is 5.16 Å². The third-order valence-corrected chi connectivity index (χ3v) is 7.24. The lowest BCUT2D eigenvalue weighted by molar-refractivity contribution is -0.141. The summed E-state index contributed by atoms with van der Waals surface area (Å²) in [6.45, 7) is 1.11. The summed E-state index contributed by atoms with van der Waals surface area (Å²) >= 11 is 0. The van der Waals surface area contributed by atoms with Crippen LogP contribution in [0.1, 0.15) is 12.0 Å². The van der Waals surface area contributed by atoms with Crippen molar-refractivity contribution in [2.24, 2.45) is 34.7 Å². The first kappa shape index (κ1) is 19.4. The molecule has 30 heavy (non-hydrogen) atoms. The van der Waals surface area contributed by atoms with Gasteiger partial charge in [-0.15, -0.1) is 0 Å². The summed E-state index contributed by atoms with van der Waals surface area (Å²) < 4.78 is 10.9. The number of imide groups is 1. The van der Waals surface area contributed by atoms with Gasteiger partial charge in [-0.05, 0) is 44.6 Å². The normalized spacial score (nSPS) is 33.6. The van der Waals surface area contributed by atoms with Crippen LogP contribution in [-0.2, 0) is 14.4 Å². The van der Waals surface area contributed by atoms with Gasteiger partial charge in [0.05, 0.1) is 31.8 Å². The quantitative estimate of drug-likeness (QED) is 0.653. The van der Waals surface area contributed by atoms with Crippen molar-refractivity contribution in [1.29, 1.82) is 0 Å². The fourth-order valence-electron chi connectivity index (χ4n) is 5.94. The first-order valence-electron chi connectivity index (χ1n) is 10.4. The largest absolute Gasteiger partial charge is 0.497 e. The van der Waals surface area contributed by atoms with Gasteiger partial charge in [0.1, 0.15) is 17.6 Å². The lowest BCUT2D eigenvalue weighted by atomic mass is 9.71. The molecule has 1 saturated heterocycles. The Morgan fingerprint density at radius 2 is 1.83 bits per heavy atom. The van der Waals surface area contributed by atoms with Gasteiger partial charge in [0.25, 0.3) is 0 Å². The highest BCUT2D eigenvalue weighted by molar-refractivity contribution is 6.09. The number of likely N-dealkylation sites (tertiary alicyclic amines) is 1. The van der Waals surface area contributed by atoms with Gasteiger partial charge in [-0.25, -0.2) is 0 Å². The number of hydrogen-bond donors (Lipinski definition) is 0. The van der Waals surface area contributed by atoms with Gasteiger partial charge in [-0.2, -0.15) is 0 Å². The topological polar surface area (TPSA) is 80.7 Å².